The van der Waals surface area contributed by atoms with Crippen LogP contribution in [0.1, 0.15) is 58.8 Å². The van der Waals surface area contributed by atoms with Crippen molar-refractivity contribution in [1.82, 2.24) is 0 Å². The molecule has 3 heteroatoms. The highest BCUT2D eigenvalue weighted by atomic mass is 16.5. The average molecular weight is 246 g/mol. The van der Waals surface area contributed by atoms with Gasteiger partial charge in [0.05, 0.1) is 12.7 Å². The first-order valence-corrected chi connectivity index (χ1v) is 7.11. The third kappa shape index (κ3) is 10.7. The number of hydrogen-bond acceptors (Lipinski definition) is 3. The predicted octanol–water partition coefficient (Wildman–Crippen LogP) is 2.74. The molecule has 2 N–H and O–H groups in total. The molecular formula is C14H30O3. The van der Waals surface area contributed by atoms with Crippen LogP contribution in [-0.4, -0.2) is 36.1 Å². The molecule has 0 aliphatic rings. The quantitative estimate of drug-likeness (QED) is 0.521. The number of aliphatic hydroxyl groups is 2. The second kappa shape index (κ2) is 12.3. The zero-order valence-corrected chi connectivity index (χ0v) is 11.5. The van der Waals surface area contributed by atoms with Gasteiger partial charge in [0.1, 0.15) is 0 Å². The van der Waals surface area contributed by atoms with Crippen molar-refractivity contribution in [1.29, 1.82) is 0 Å². The highest BCUT2D eigenvalue weighted by Crippen LogP contribution is 2.13. The fraction of sp³-hybridized carbons (Fsp3) is 1.00. The van der Waals surface area contributed by atoms with Gasteiger partial charge >= 0.3 is 0 Å². The van der Waals surface area contributed by atoms with E-state index in [1.54, 1.807) is 0 Å². The van der Waals surface area contributed by atoms with Crippen molar-refractivity contribution in [3.05, 3.63) is 0 Å². The lowest BCUT2D eigenvalue weighted by atomic mass is 10.0. The van der Waals surface area contributed by atoms with E-state index in [-0.39, 0.29) is 12.7 Å². The lowest BCUT2D eigenvalue weighted by Crippen LogP contribution is -2.18. The maximum Gasteiger partial charge on any atom is 0.0773 e. The Kier molecular flexibility index (Phi) is 12.3. The van der Waals surface area contributed by atoms with Gasteiger partial charge in [-0.25, -0.2) is 0 Å². The summed E-state index contributed by atoms with van der Waals surface area (Å²) in [5, 5.41) is 18.3. The first-order chi connectivity index (χ1) is 8.24. The molecule has 2 unspecified atom stereocenters. The van der Waals surface area contributed by atoms with Crippen molar-refractivity contribution in [2.24, 2.45) is 5.92 Å². The van der Waals surface area contributed by atoms with Crippen LogP contribution in [0.2, 0.25) is 0 Å². The van der Waals surface area contributed by atoms with Gasteiger partial charge in [-0.1, -0.05) is 33.1 Å². The Balaban J connectivity index is 3.45. The van der Waals surface area contributed by atoms with Crippen LogP contribution in [0.3, 0.4) is 0 Å². The summed E-state index contributed by atoms with van der Waals surface area (Å²) in [6.07, 6.45) is 6.88. The van der Waals surface area contributed by atoms with E-state index in [1.807, 2.05) is 0 Å². The minimum absolute atomic E-state index is 0.211. The van der Waals surface area contributed by atoms with Gasteiger partial charge in [-0.15, -0.1) is 0 Å². The molecule has 0 aromatic rings. The van der Waals surface area contributed by atoms with Crippen molar-refractivity contribution < 1.29 is 14.9 Å². The van der Waals surface area contributed by atoms with Gasteiger partial charge in [0.15, 0.2) is 0 Å². The summed E-state index contributed by atoms with van der Waals surface area (Å²) in [6, 6.07) is 0. The summed E-state index contributed by atoms with van der Waals surface area (Å²) in [4.78, 5) is 0. The SMILES string of the molecule is CCCCC(CC)COCC(O)CCCCO. The Morgan fingerprint density at radius 1 is 1.00 bits per heavy atom. The predicted molar refractivity (Wildman–Crippen MR) is 71.1 cm³/mol. The fourth-order valence-corrected chi connectivity index (χ4v) is 1.84. The maximum absolute atomic E-state index is 9.63. The van der Waals surface area contributed by atoms with Crippen LogP contribution in [-0.2, 0) is 4.74 Å². The molecule has 0 saturated heterocycles. The molecule has 0 aliphatic heterocycles. The molecule has 0 rings (SSSR count). The third-order valence-electron chi connectivity index (χ3n) is 3.15. The molecule has 0 aromatic carbocycles. The monoisotopic (exact) mass is 246 g/mol. The molecule has 2 atom stereocenters. The zero-order chi connectivity index (χ0) is 12.9. The Morgan fingerprint density at radius 2 is 1.76 bits per heavy atom. The Labute approximate surface area is 106 Å². The van der Waals surface area contributed by atoms with Crippen LogP contribution in [0.4, 0.5) is 0 Å². The van der Waals surface area contributed by atoms with E-state index >= 15 is 0 Å². The van der Waals surface area contributed by atoms with E-state index in [0.717, 1.165) is 32.3 Å². The summed E-state index contributed by atoms with van der Waals surface area (Å²) in [6.45, 7) is 5.82. The minimum Gasteiger partial charge on any atom is -0.396 e. The van der Waals surface area contributed by atoms with E-state index in [2.05, 4.69) is 13.8 Å². The maximum atomic E-state index is 9.63. The molecule has 0 radical (unpaired) electrons. The van der Waals surface area contributed by atoms with Crippen molar-refractivity contribution in [3.8, 4) is 0 Å². The minimum atomic E-state index is -0.370. The molecule has 0 fully saturated rings. The summed E-state index contributed by atoms with van der Waals surface area (Å²) >= 11 is 0. The van der Waals surface area contributed by atoms with Crippen LogP contribution in [0.15, 0.2) is 0 Å². The third-order valence-corrected chi connectivity index (χ3v) is 3.15. The number of aliphatic hydroxyl groups excluding tert-OH is 2. The topological polar surface area (TPSA) is 49.7 Å². The first-order valence-electron chi connectivity index (χ1n) is 7.11. The van der Waals surface area contributed by atoms with Crippen molar-refractivity contribution in [2.45, 2.75) is 64.9 Å². The van der Waals surface area contributed by atoms with E-state index in [0.29, 0.717) is 12.5 Å². The van der Waals surface area contributed by atoms with Crippen LogP contribution in [0.25, 0.3) is 0 Å². The second-order valence-electron chi connectivity index (χ2n) is 4.83. The molecule has 0 bridgehead atoms. The largest absolute Gasteiger partial charge is 0.396 e. The summed E-state index contributed by atoms with van der Waals surface area (Å²) < 4.78 is 5.56. The standard InChI is InChI=1S/C14H30O3/c1-3-5-8-13(4-2)11-17-12-14(16)9-6-7-10-15/h13-16H,3-12H2,1-2H3. The van der Waals surface area contributed by atoms with Crippen molar-refractivity contribution in [2.75, 3.05) is 19.8 Å². The Bertz CT molecular complexity index is 150. The van der Waals surface area contributed by atoms with Gasteiger partial charge in [-0.05, 0) is 31.6 Å². The molecule has 0 amide bonds. The number of ether oxygens (including phenoxy) is 1. The Hall–Kier alpha value is -0.120. The molecule has 0 spiro atoms. The second-order valence-corrected chi connectivity index (χ2v) is 4.83. The normalized spacial score (nSPS) is 14.8. The smallest absolute Gasteiger partial charge is 0.0773 e. The van der Waals surface area contributed by atoms with E-state index < -0.39 is 0 Å². The van der Waals surface area contributed by atoms with Gasteiger partial charge in [0.2, 0.25) is 0 Å². The van der Waals surface area contributed by atoms with Gasteiger partial charge in [0.25, 0.3) is 0 Å². The van der Waals surface area contributed by atoms with Crippen molar-refractivity contribution in [3.63, 3.8) is 0 Å². The van der Waals surface area contributed by atoms with Gasteiger partial charge in [-0.2, -0.15) is 0 Å². The number of rotatable bonds is 12. The van der Waals surface area contributed by atoms with E-state index in [1.165, 1.54) is 19.3 Å². The summed E-state index contributed by atoms with van der Waals surface area (Å²) in [7, 11) is 0. The molecule has 0 aromatic heterocycles. The van der Waals surface area contributed by atoms with Crippen LogP contribution in [0.5, 0.6) is 0 Å². The lowest BCUT2D eigenvalue weighted by molar-refractivity contribution is 0.0141. The summed E-state index contributed by atoms with van der Waals surface area (Å²) in [5.74, 6) is 0.639. The summed E-state index contributed by atoms with van der Waals surface area (Å²) in [5.41, 5.74) is 0. The molecule has 3 nitrogen and oxygen atoms in total. The lowest BCUT2D eigenvalue weighted by Gasteiger charge is -2.16. The van der Waals surface area contributed by atoms with Gasteiger partial charge in [-0.3, -0.25) is 0 Å². The van der Waals surface area contributed by atoms with E-state index in [4.69, 9.17) is 9.84 Å². The molecule has 0 saturated carbocycles. The highest BCUT2D eigenvalue weighted by molar-refractivity contribution is 4.58. The molecule has 17 heavy (non-hydrogen) atoms. The van der Waals surface area contributed by atoms with Crippen LogP contribution >= 0.6 is 0 Å². The Morgan fingerprint density at radius 3 is 2.35 bits per heavy atom. The number of unbranched alkanes of at least 4 members (excludes halogenated alkanes) is 2. The average Bonchev–Trinajstić information content (AvgIpc) is 2.34. The van der Waals surface area contributed by atoms with Crippen molar-refractivity contribution >= 4 is 0 Å². The molecule has 0 heterocycles. The first kappa shape index (κ1) is 16.9. The molecule has 0 aliphatic carbocycles. The van der Waals surface area contributed by atoms with Gasteiger partial charge < -0.3 is 14.9 Å². The molecular weight excluding hydrogens is 216 g/mol. The highest BCUT2D eigenvalue weighted by Gasteiger charge is 2.08. The van der Waals surface area contributed by atoms with E-state index in [9.17, 15) is 5.11 Å². The van der Waals surface area contributed by atoms with Crippen LogP contribution < -0.4 is 0 Å². The molecule has 104 valence electrons. The fourth-order valence-electron chi connectivity index (χ4n) is 1.84. The number of hydrogen-bond donors (Lipinski definition) is 2. The van der Waals surface area contributed by atoms with Gasteiger partial charge in [0, 0.05) is 13.2 Å². The zero-order valence-electron chi connectivity index (χ0n) is 11.5. The van der Waals surface area contributed by atoms with Crippen LogP contribution in [0, 0.1) is 5.92 Å².